The van der Waals surface area contributed by atoms with Crippen molar-refractivity contribution in [3.8, 4) is 0 Å². The third kappa shape index (κ3) is 3.22. The molecule has 0 radical (unpaired) electrons. The number of hydrogen-bond acceptors (Lipinski definition) is 5. The molecule has 0 saturated carbocycles. The number of halogens is 2. The molecular weight excluding hydrogens is 368 g/mol. The average molecular weight is 389 g/mol. The predicted molar refractivity (Wildman–Crippen MR) is 99.5 cm³/mol. The highest BCUT2D eigenvalue weighted by atomic mass is 19.1. The molecule has 0 spiro atoms. The molecule has 0 aliphatic carbocycles. The third-order valence-electron chi connectivity index (χ3n) is 5.38. The first-order valence-electron chi connectivity index (χ1n) is 9.31. The van der Waals surface area contributed by atoms with Gasteiger partial charge in [-0.05, 0) is 25.5 Å². The maximum atomic E-state index is 15.7. The highest BCUT2D eigenvalue weighted by molar-refractivity contribution is 6.23. The summed E-state index contributed by atoms with van der Waals surface area (Å²) < 4.78 is 34.9. The Morgan fingerprint density at radius 3 is 2.75 bits per heavy atom. The second-order valence-electron chi connectivity index (χ2n) is 7.25. The number of fused-ring (bicyclic) bond motifs is 1. The van der Waals surface area contributed by atoms with Crippen LogP contribution in [-0.2, 0) is 20.7 Å². The van der Waals surface area contributed by atoms with Gasteiger partial charge in [0.1, 0.15) is 11.6 Å². The van der Waals surface area contributed by atoms with Gasteiger partial charge in [-0.3, -0.25) is 9.59 Å². The van der Waals surface area contributed by atoms with Crippen molar-refractivity contribution in [2.75, 3.05) is 37.7 Å². The largest absolute Gasteiger partial charge is 0.378 e. The molecule has 0 aromatic heterocycles. The van der Waals surface area contributed by atoms with Crippen LogP contribution in [0.4, 0.5) is 14.5 Å². The van der Waals surface area contributed by atoms with Gasteiger partial charge in [0.2, 0.25) is 5.67 Å². The minimum atomic E-state index is -2.46. The molecule has 1 amide bonds. The average Bonchev–Trinajstić information content (AvgIpc) is 3.13. The number of hydrogen-bond donors (Lipinski definition) is 0. The zero-order chi connectivity index (χ0) is 19.9. The van der Waals surface area contributed by atoms with Crippen molar-refractivity contribution in [2.45, 2.75) is 25.4 Å². The first kappa shape index (κ1) is 18.7. The summed E-state index contributed by atoms with van der Waals surface area (Å²) in [6.45, 7) is 3.41. The highest BCUT2D eigenvalue weighted by Crippen LogP contribution is 2.34. The Morgan fingerprint density at radius 2 is 2.00 bits per heavy atom. The van der Waals surface area contributed by atoms with E-state index in [-0.39, 0.29) is 24.5 Å². The monoisotopic (exact) mass is 389 g/mol. The van der Waals surface area contributed by atoms with Gasteiger partial charge in [0.25, 0.3) is 5.91 Å². The molecule has 0 N–H and O–H groups in total. The number of aliphatic imine (C=N–C) groups is 1. The number of alkyl halides is 1. The number of ether oxygens (including phenoxy) is 1. The normalized spacial score (nSPS) is 21.8. The Bertz CT molecular complexity index is 889. The lowest BCUT2D eigenvalue weighted by Gasteiger charge is -2.33. The van der Waals surface area contributed by atoms with Crippen molar-refractivity contribution in [2.24, 2.45) is 4.99 Å². The Morgan fingerprint density at radius 1 is 1.25 bits per heavy atom. The molecule has 3 heterocycles. The number of anilines is 1. The quantitative estimate of drug-likeness (QED) is 0.794. The molecule has 4 rings (SSSR count). The molecular formula is C20H21F2N3O3. The van der Waals surface area contributed by atoms with Crippen LogP contribution in [0.15, 0.2) is 35.1 Å². The molecule has 3 aliphatic heterocycles. The fourth-order valence-corrected chi connectivity index (χ4v) is 3.78. The van der Waals surface area contributed by atoms with E-state index in [0.29, 0.717) is 49.8 Å². The maximum Gasteiger partial charge on any atom is 0.270 e. The van der Waals surface area contributed by atoms with E-state index in [0.717, 1.165) is 6.92 Å². The summed E-state index contributed by atoms with van der Waals surface area (Å²) in [5, 5.41) is 0. The molecule has 1 aromatic rings. The van der Waals surface area contributed by atoms with Crippen molar-refractivity contribution in [3.05, 3.63) is 41.5 Å². The van der Waals surface area contributed by atoms with Crippen molar-refractivity contribution >= 4 is 23.1 Å². The number of allylic oxidation sites excluding steroid dienone is 1. The smallest absolute Gasteiger partial charge is 0.270 e. The SMILES string of the molecule is C[C@](F)(C(=O)N1CCc2c(F)cccc21)C1=NC(N2CCOCC2)=CC(=O)C1. The predicted octanol–water partition coefficient (Wildman–Crippen LogP) is 2.03. The van der Waals surface area contributed by atoms with Gasteiger partial charge in [0, 0.05) is 37.0 Å². The van der Waals surface area contributed by atoms with Gasteiger partial charge in [-0.15, -0.1) is 0 Å². The van der Waals surface area contributed by atoms with E-state index < -0.39 is 17.4 Å². The third-order valence-corrected chi connectivity index (χ3v) is 5.38. The van der Waals surface area contributed by atoms with Gasteiger partial charge >= 0.3 is 0 Å². The summed E-state index contributed by atoms with van der Waals surface area (Å²) in [4.78, 5) is 32.6. The lowest BCUT2D eigenvalue weighted by Crippen LogP contribution is -2.50. The van der Waals surface area contributed by atoms with E-state index in [1.807, 2.05) is 4.90 Å². The van der Waals surface area contributed by atoms with E-state index >= 15 is 4.39 Å². The van der Waals surface area contributed by atoms with Crippen LogP contribution in [0.5, 0.6) is 0 Å². The fraction of sp³-hybridized carbons (Fsp3) is 0.450. The summed E-state index contributed by atoms with van der Waals surface area (Å²) in [5.74, 6) is -1.17. The van der Waals surface area contributed by atoms with Crippen LogP contribution in [0.3, 0.4) is 0 Å². The Balaban J connectivity index is 1.62. The molecule has 3 aliphatic rings. The zero-order valence-corrected chi connectivity index (χ0v) is 15.6. The fourth-order valence-electron chi connectivity index (χ4n) is 3.78. The topological polar surface area (TPSA) is 62.2 Å². The summed E-state index contributed by atoms with van der Waals surface area (Å²) in [5.41, 5.74) is -1.80. The van der Waals surface area contributed by atoms with E-state index in [1.165, 1.54) is 23.1 Å². The number of amides is 1. The molecule has 0 unspecified atom stereocenters. The van der Waals surface area contributed by atoms with Gasteiger partial charge in [0.05, 0.1) is 25.3 Å². The van der Waals surface area contributed by atoms with E-state index in [1.54, 1.807) is 6.07 Å². The van der Waals surface area contributed by atoms with Gasteiger partial charge in [-0.1, -0.05) is 6.07 Å². The Labute approximate surface area is 161 Å². The molecule has 8 heteroatoms. The number of nitrogens with zero attached hydrogens (tertiary/aromatic N) is 3. The molecule has 148 valence electrons. The number of carbonyl (C=O) groups is 2. The van der Waals surface area contributed by atoms with Crippen molar-refractivity contribution in [1.29, 1.82) is 0 Å². The van der Waals surface area contributed by atoms with Gasteiger partial charge in [-0.25, -0.2) is 13.8 Å². The second-order valence-corrected chi connectivity index (χ2v) is 7.25. The van der Waals surface area contributed by atoms with Crippen LogP contribution in [0.25, 0.3) is 0 Å². The Kier molecular flexibility index (Phi) is 4.74. The number of benzene rings is 1. The zero-order valence-electron chi connectivity index (χ0n) is 15.6. The molecule has 1 atom stereocenters. The van der Waals surface area contributed by atoms with E-state index in [2.05, 4.69) is 4.99 Å². The van der Waals surface area contributed by atoms with Crippen LogP contribution in [0.1, 0.15) is 18.9 Å². The van der Waals surface area contributed by atoms with Crippen LogP contribution in [0, 0.1) is 5.82 Å². The Hall–Kier alpha value is -2.61. The number of ketones is 1. The number of rotatable bonds is 3. The van der Waals surface area contributed by atoms with E-state index in [9.17, 15) is 14.0 Å². The van der Waals surface area contributed by atoms with E-state index in [4.69, 9.17) is 4.74 Å². The first-order valence-corrected chi connectivity index (χ1v) is 9.31. The van der Waals surface area contributed by atoms with Crippen molar-refractivity contribution < 1.29 is 23.1 Å². The van der Waals surface area contributed by atoms with Crippen molar-refractivity contribution in [3.63, 3.8) is 0 Å². The summed E-state index contributed by atoms with van der Waals surface area (Å²) in [6.07, 6.45) is 1.46. The highest BCUT2D eigenvalue weighted by Gasteiger charge is 2.45. The minimum Gasteiger partial charge on any atom is -0.378 e. The lowest BCUT2D eigenvalue weighted by molar-refractivity contribution is -0.125. The molecule has 1 saturated heterocycles. The van der Waals surface area contributed by atoms with Crippen LogP contribution in [0.2, 0.25) is 0 Å². The maximum absolute atomic E-state index is 15.7. The molecule has 28 heavy (non-hydrogen) atoms. The summed E-state index contributed by atoms with van der Waals surface area (Å²) in [6, 6.07) is 4.42. The summed E-state index contributed by atoms with van der Waals surface area (Å²) >= 11 is 0. The second kappa shape index (κ2) is 7.09. The lowest BCUT2D eigenvalue weighted by atomic mass is 9.94. The molecule has 6 nitrogen and oxygen atoms in total. The first-order chi connectivity index (χ1) is 13.4. The number of morpholine rings is 1. The summed E-state index contributed by atoms with van der Waals surface area (Å²) in [7, 11) is 0. The van der Waals surface area contributed by atoms with Gasteiger partial charge in [0.15, 0.2) is 5.78 Å². The number of carbonyl (C=O) groups excluding carboxylic acids is 2. The van der Waals surface area contributed by atoms with Crippen LogP contribution >= 0.6 is 0 Å². The molecule has 1 fully saturated rings. The van der Waals surface area contributed by atoms with Gasteiger partial charge in [-0.2, -0.15) is 0 Å². The van der Waals surface area contributed by atoms with Crippen molar-refractivity contribution in [1.82, 2.24) is 4.90 Å². The minimum absolute atomic E-state index is 0.114. The molecule has 1 aromatic carbocycles. The van der Waals surface area contributed by atoms with Gasteiger partial charge < -0.3 is 14.5 Å². The standard InChI is InChI=1S/C20H21F2N3O3/c1-20(22,19(27)25-6-5-14-15(21)3-2-4-16(14)25)17-11-13(26)12-18(23-17)24-7-9-28-10-8-24/h2-4,12H,5-11H2,1H3/t20-/m1/s1. The van der Waals surface area contributed by atoms with Crippen LogP contribution < -0.4 is 4.90 Å². The molecule has 0 bridgehead atoms. The van der Waals surface area contributed by atoms with Crippen LogP contribution in [-0.4, -0.2) is 60.8 Å².